The van der Waals surface area contributed by atoms with Crippen molar-refractivity contribution < 1.29 is 5.11 Å². The van der Waals surface area contributed by atoms with Crippen LogP contribution >= 0.6 is 0 Å². The van der Waals surface area contributed by atoms with E-state index in [2.05, 4.69) is 88.3 Å². The third kappa shape index (κ3) is 19.4. The van der Waals surface area contributed by atoms with Crippen LogP contribution < -0.4 is 5.73 Å². The highest BCUT2D eigenvalue weighted by molar-refractivity contribution is 5.24. The van der Waals surface area contributed by atoms with Gasteiger partial charge >= 0.3 is 0 Å². The second kappa shape index (κ2) is 25.4. The topological polar surface area (TPSA) is 46.2 Å². The monoisotopic (exact) mass is 648 g/mol. The molecule has 0 saturated heterocycles. The van der Waals surface area contributed by atoms with Gasteiger partial charge in [-0.1, -0.05) is 165 Å². The molecule has 2 nitrogen and oxygen atoms in total. The maximum absolute atomic E-state index is 10.1. The van der Waals surface area contributed by atoms with E-state index in [0.29, 0.717) is 40.5 Å². The highest BCUT2D eigenvalue weighted by Gasteiger charge is 2.43. The second-order valence-electron chi connectivity index (χ2n) is 16.7. The molecule has 0 spiro atoms. The number of hydrogen-bond donors (Lipinski definition) is 2. The molecule has 2 saturated carbocycles. The molecule has 2 rings (SSSR count). The Morgan fingerprint density at radius 2 is 1.50 bits per heavy atom. The van der Waals surface area contributed by atoms with Crippen molar-refractivity contribution in [3.8, 4) is 0 Å². The summed E-state index contributed by atoms with van der Waals surface area (Å²) in [7, 11) is 0. The van der Waals surface area contributed by atoms with Gasteiger partial charge in [-0.2, -0.15) is 0 Å². The minimum absolute atomic E-state index is 0.383. The average molecular weight is 648 g/mol. The summed E-state index contributed by atoms with van der Waals surface area (Å²) < 4.78 is 0. The number of hydrogen-bond acceptors (Lipinski definition) is 2. The summed E-state index contributed by atoms with van der Waals surface area (Å²) in [6, 6.07) is 0.384. The van der Waals surface area contributed by atoms with Gasteiger partial charge < -0.3 is 10.8 Å². The van der Waals surface area contributed by atoms with Crippen LogP contribution in [0.3, 0.4) is 0 Å². The van der Waals surface area contributed by atoms with Crippen LogP contribution in [-0.4, -0.2) is 16.7 Å². The number of nitrogens with two attached hydrogens (primary N) is 1. The summed E-state index contributed by atoms with van der Waals surface area (Å²) in [5.74, 6) is 2.71. The van der Waals surface area contributed by atoms with Crippen molar-refractivity contribution in [2.24, 2.45) is 40.2 Å². The van der Waals surface area contributed by atoms with Crippen molar-refractivity contribution in [2.45, 2.75) is 225 Å². The van der Waals surface area contributed by atoms with Crippen molar-refractivity contribution in [2.75, 3.05) is 0 Å². The Labute approximate surface area is 292 Å². The van der Waals surface area contributed by atoms with E-state index in [1.54, 1.807) is 11.1 Å². The van der Waals surface area contributed by atoms with Crippen molar-refractivity contribution in [3.05, 3.63) is 23.3 Å². The lowest BCUT2D eigenvalue weighted by Crippen LogP contribution is -2.40. The summed E-state index contributed by atoms with van der Waals surface area (Å²) >= 11 is 0. The molecule has 0 aromatic carbocycles. The number of allylic oxidation sites excluding steroid dienone is 4. The molecule has 2 aliphatic rings. The van der Waals surface area contributed by atoms with Gasteiger partial charge in [-0.3, -0.25) is 0 Å². The molecule has 2 fully saturated rings. The SMILES string of the molecule is CC.CCC1/C(=C/C=C2/CCC(N)C(C)C2)CCCC1(C)C(C)C(C)CCCC(C)(C)O.CCCC.CCCCCC(C)(C)CC. The molecule has 46 heavy (non-hydrogen) atoms. The van der Waals surface area contributed by atoms with Crippen LogP contribution in [-0.2, 0) is 0 Å². The Bertz CT molecular complexity index is 784. The summed E-state index contributed by atoms with van der Waals surface area (Å²) in [5, 5.41) is 10.1. The van der Waals surface area contributed by atoms with Crippen molar-refractivity contribution in [1.29, 1.82) is 0 Å². The first-order valence-corrected chi connectivity index (χ1v) is 20.4. The van der Waals surface area contributed by atoms with Crippen LogP contribution in [0.25, 0.3) is 0 Å². The van der Waals surface area contributed by atoms with Crippen LogP contribution in [0.4, 0.5) is 0 Å². The molecule has 0 aliphatic heterocycles. The summed E-state index contributed by atoms with van der Waals surface area (Å²) in [6.07, 6.45) is 26.4. The van der Waals surface area contributed by atoms with Crippen molar-refractivity contribution >= 4 is 0 Å². The minimum Gasteiger partial charge on any atom is -0.390 e. The fraction of sp³-hybridized carbons (Fsp3) is 0.909. The average Bonchev–Trinajstić information content (AvgIpc) is 3.02. The number of unbranched alkanes of at least 4 members (excludes halogenated alkanes) is 3. The molecule has 0 amide bonds. The number of aliphatic hydroxyl groups is 1. The normalized spacial score (nSPS) is 26.6. The van der Waals surface area contributed by atoms with Crippen LogP contribution in [0.15, 0.2) is 23.3 Å². The highest BCUT2D eigenvalue weighted by atomic mass is 16.3. The molecule has 0 bridgehead atoms. The Balaban J connectivity index is 0. The molecule has 0 radical (unpaired) electrons. The maximum Gasteiger partial charge on any atom is 0.0591 e. The fourth-order valence-electron chi connectivity index (χ4n) is 7.39. The van der Waals surface area contributed by atoms with Crippen molar-refractivity contribution in [1.82, 2.24) is 0 Å². The zero-order valence-electron chi connectivity index (χ0n) is 34.6. The Hall–Kier alpha value is -0.600. The number of rotatable bonds is 14. The Kier molecular flexibility index (Phi) is 26.2. The molecule has 6 atom stereocenters. The van der Waals surface area contributed by atoms with Gasteiger partial charge in [0.2, 0.25) is 0 Å². The molecule has 2 aliphatic carbocycles. The third-order valence-corrected chi connectivity index (χ3v) is 11.7. The van der Waals surface area contributed by atoms with E-state index >= 15 is 0 Å². The van der Waals surface area contributed by atoms with Crippen LogP contribution in [0.1, 0.15) is 213 Å². The first-order valence-electron chi connectivity index (χ1n) is 20.4. The van der Waals surface area contributed by atoms with E-state index in [9.17, 15) is 5.11 Å². The Morgan fingerprint density at radius 3 is 1.98 bits per heavy atom. The lowest BCUT2D eigenvalue weighted by molar-refractivity contribution is 0.0402. The molecule has 3 N–H and O–H groups in total. The van der Waals surface area contributed by atoms with Crippen LogP contribution in [0, 0.1) is 34.5 Å². The summed E-state index contributed by atoms with van der Waals surface area (Å²) in [5.41, 5.74) is 9.96. The first-order chi connectivity index (χ1) is 21.5. The third-order valence-electron chi connectivity index (χ3n) is 11.7. The molecule has 0 aromatic rings. The zero-order chi connectivity index (χ0) is 36.0. The highest BCUT2D eigenvalue weighted by Crippen LogP contribution is 2.53. The lowest BCUT2D eigenvalue weighted by Gasteiger charge is -2.49. The van der Waals surface area contributed by atoms with Gasteiger partial charge in [0.1, 0.15) is 0 Å². The van der Waals surface area contributed by atoms with Gasteiger partial charge in [-0.15, -0.1) is 0 Å². The predicted molar refractivity (Wildman–Crippen MR) is 212 cm³/mol. The van der Waals surface area contributed by atoms with Gasteiger partial charge in [-0.05, 0) is 106 Å². The molecule has 6 unspecified atom stereocenters. The van der Waals surface area contributed by atoms with Crippen LogP contribution in [0.5, 0.6) is 0 Å². The summed E-state index contributed by atoms with van der Waals surface area (Å²) in [6.45, 7) is 33.7. The van der Waals surface area contributed by atoms with E-state index in [-0.39, 0.29) is 0 Å². The Morgan fingerprint density at radius 1 is 0.891 bits per heavy atom. The largest absolute Gasteiger partial charge is 0.390 e. The molecular weight excluding hydrogens is 558 g/mol. The maximum atomic E-state index is 10.1. The zero-order valence-corrected chi connectivity index (χ0v) is 34.6. The van der Waals surface area contributed by atoms with E-state index in [1.807, 2.05) is 27.7 Å². The summed E-state index contributed by atoms with van der Waals surface area (Å²) in [4.78, 5) is 0. The van der Waals surface area contributed by atoms with Gasteiger partial charge in [-0.25, -0.2) is 0 Å². The smallest absolute Gasteiger partial charge is 0.0591 e. The van der Waals surface area contributed by atoms with E-state index in [4.69, 9.17) is 5.73 Å². The molecule has 0 aromatic heterocycles. The molecule has 276 valence electrons. The van der Waals surface area contributed by atoms with E-state index in [1.165, 1.54) is 89.9 Å². The fourth-order valence-corrected chi connectivity index (χ4v) is 7.39. The molecular formula is C44H89NO. The van der Waals surface area contributed by atoms with E-state index in [0.717, 1.165) is 19.3 Å². The first kappa shape index (κ1) is 47.5. The van der Waals surface area contributed by atoms with Gasteiger partial charge in [0.25, 0.3) is 0 Å². The second-order valence-corrected chi connectivity index (χ2v) is 16.7. The van der Waals surface area contributed by atoms with Gasteiger partial charge in [0.15, 0.2) is 0 Å². The van der Waals surface area contributed by atoms with E-state index < -0.39 is 5.60 Å². The molecule has 2 heteroatoms. The van der Waals surface area contributed by atoms with Gasteiger partial charge in [0.05, 0.1) is 5.60 Å². The molecule has 0 heterocycles. The van der Waals surface area contributed by atoms with Crippen molar-refractivity contribution in [3.63, 3.8) is 0 Å². The lowest BCUT2D eigenvalue weighted by atomic mass is 9.56. The minimum atomic E-state index is -0.534. The quantitative estimate of drug-likeness (QED) is 0.184. The standard InChI is InChI=1S/C28H51NO.C10H22.C4H10.C2H6/c1-8-25-24(15-13-23-14-16-26(29)21(3)19-23)12-10-18-28(25,7)22(4)20(2)11-9-17-27(5,6)30;1-5-7-8-9-10(3,4)6-2;1-3-4-2;1-2/h13,15,20-22,25-26,30H,8-12,14,16-19,29H2,1-7H3;5-9H2,1-4H3;3-4H2,1-2H3;1-2H3/b23-13-,24-15+;;;. The van der Waals surface area contributed by atoms with Gasteiger partial charge in [0, 0.05) is 6.04 Å². The predicted octanol–water partition coefficient (Wildman–Crippen LogP) is 14.3. The van der Waals surface area contributed by atoms with Crippen LogP contribution in [0.2, 0.25) is 0 Å².